The molecule has 3 rings (SSSR count). The summed E-state index contributed by atoms with van der Waals surface area (Å²) < 4.78 is 0. The molecular formula is C14H9Cl2NO3. The van der Waals surface area contributed by atoms with Crippen LogP contribution in [0.4, 0.5) is 0 Å². The van der Waals surface area contributed by atoms with Gasteiger partial charge in [-0.25, -0.2) is 0 Å². The summed E-state index contributed by atoms with van der Waals surface area (Å²) in [6, 6.07) is 6.57. The van der Waals surface area contributed by atoms with E-state index >= 15 is 0 Å². The Hall–Kier alpha value is -1.62. The lowest BCUT2D eigenvalue weighted by Crippen LogP contribution is -2.29. The molecule has 6 heteroatoms. The van der Waals surface area contributed by atoms with E-state index in [4.69, 9.17) is 28.0 Å². The van der Waals surface area contributed by atoms with Crippen molar-refractivity contribution < 1.29 is 14.4 Å². The van der Waals surface area contributed by atoms with Gasteiger partial charge in [0.15, 0.2) is 0 Å². The van der Waals surface area contributed by atoms with Crippen molar-refractivity contribution in [2.75, 3.05) is 6.61 Å². The number of carbonyl (C=O) groups is 2. The lowest BCUT2D eigenvalue weighted by Gasteiger charge is -2.10. The number of hydroxylamine groups is 2. The van der Waals surface area contributed by atoms with Gasteiger partial charge in [0, 0.05) is 10.4 Å². The second-order valence-electron chi connectivity index (χ2n) is 4.27. The maximum Gasteiger partial charge on any atom is 0.286 e. The number of halogens is 2. The summed E-state index contributed by atoms with van der Waals surface area (Å²) in [5.74, 6) is -0.994. The first kappa shape index (κ1) is 13.4. The predicted octanol–water partition coefficient (Wildman–Crippen LogP) is 3.69. The van der Waals surface area contributed by atoms with Crippen molar-refractivity contribution in [1.82, 2.24) is 5.06 Å². The molecule has 0 N–H and O–H groups in total. The van der Waals surface area contributed by atoms with E-state index in [-0.39, 0.29) is 17.7 Å². The quantitative estimate of drug-likeness (QED) is 0.795. The molecule has 0 aliphatic carbocycles. The van der Waals surface area contributed by atoms with Gasteiger partial charge in [0.25, 0.3) is 11.8 Å². The third kappa shape index (κ3) is 1.73. The van der Waals surface area contributed by atoms with Crippen LogP contribution in [-0.4, -0.2) is 23.5 Å². The van der Waals surface area contributed by atoms with E-state index < -0.39 is 11.8 Å². The Morgan fingerprint density at radius 1 is 1.15 bits per heavy atom. The summed E-state index contributed by atoms with van der Waals surface area (Å²) in [5.41, 5.74) is 0.522. The zero-order valence-electron chi connectivity index (χ0n) is 10.4. The van der Waals surface area contributed by atoms with Gasteiger partial charge in [0.05, 0.1) is 22.8 Å². The Balaban J connectivity index is 2.35. The van der Waals surface area contributed by atoms with Crippen molar-refractivity contribution in [3.05, 3.63) is 45.4 Å². The highest BCUT2D eigenvalue weighted by atomic mass is 35.5. The second kappa shape index (κ2) is 4.74. The van der Waals surface area contributed by atoms with Gasteiger partial charge in [-0.15, -0.1) is 5.06 Å². The number of amides is 2. The van der Waals surface area contributed by atoms with Crippen LogP contribution in [0.3, 0.4) is 0 Å². The van der Waals surface area contributed by atoms with Gasteiger partial charge in [-0.05, 0) is 24.4 Å². The normalized spacial score (nSPS) is 14.2. The molecule has 1 aliphatic heterocycles. The number of hydrogen-bond donors (Lipinski definition) is 0. The van der Waals surface area contributed by atoms with E-state index in [0.717, 1.165) is 5.06 Å². The summed E-state index contributed by atoms with van der Waals surface area (Å²) in [6.07, 6.45) is 0. The molecule has 0 fully saturated rings. The number of hydrogen-bond acceptors (Lipinski definition) is 3. The number of rotatable bonds is 2. The molecule has 20 heavy (non-hydrogen) atoms. The highest BCUT2D eigenvalue weighted by molar-refractivity contribution is 6.44. The topological polar surface area (TPSA) is 46.6 Å². The summed E-state index contributed by atoms with van der Waals surface area (Å²) in [7, 11) is 0. The molecule has 2 aromatic rings. The van der Waals surface area contributed by atoms with Crippen molar-refractivity contribution in [2.45, 2.75) is 6.92 Å². The average Bonchev–Trinajstić information content (AvgIpc) is 2.64. The lowest BCUT2D eigenvalue weighted by atomic mass is 10.0. The lowest BCUT2D eigenvalue weighted by molar-refractivity contribution is -0.0863. The van der Waals surface area contributed by atoms with Crippen LogP contribution in [0.1, 0.15) is 27.6 Å². The molecule has 102 valence electrons. The van der Waals surface area contributed by atoms with Crippen molar-refractivity contribution in [1.29, 1.82) is 0 Å². The highest BCUT2D eigenvalue weighted by Gasteiger charge is 2.39. The highest BCUT2D eigenvalue weighted by Crippen LogP contribution is 2.38. The smallest absolute Gasteiger partial charge is 0.266 e. The molecule has 2 amide bonds. The standard InChI is InChI=1S/C14H9Cl2NO3/c1-2-20-17-13(18)8-6-10(16)12-7(11(8)14(17)19)4-3-5-9(12)15/h3-6H,2H2,1H3. The van der Waals surface area contributed by atoms with E-state index in [2.05, 4.69) is 0 Å². The van der Waals surface area contributed by atoms with Crippen molar-refractivity contribution >= 4 is 45.8 Å². The fraction of sp³-hybridized carbons (Fsp3) is 0.143. The molecule has 0 saturated carbocycles. The summed E-state index contributed by atoms with van der Waals surface area (Å²) in [6.45, 7) is 1.92. The van der Waals surface area contributed by atoms with Gasteiger partial charge in [-0.2, -0.15) is 0 Å². The van der Waals surface area contributed by atoms with Gasteiger partial charge in [0.1, 0.15) is 0 Å². The summed E-state index contributed by atoms with van der Waals surface area (Å²) in [4.78, 5) is 29.6. The third-order valence-corrected chi connectivity index (χ3v) is 3.75. The predicted molar refractivity (Wildman–Crippen MR) is 76.1 cm³/mol. The number of benzene rings is 2. The maximum absolute atomic E-state index is 12.3. The van der Waals surface area contributed by atoms with Crippen LogP contribution in [-0.2, 0) is 4.84 Å². The molecule has 4 nitrogen and oxygen atoms in total. The van der Waals surface area contributed by atoms with Gasteiger partial charge in [-0.3, -0.25) is 14.4 Å². The zero-order chi connectivity index (χ0) is 14.4. The SMILES string of the molecule is CCON1C(=O)c2cc(Cl)c3c(Cl)cccc3c2C1=O. The first-order valence-corrected chi connectivity index (χ1v) is 6.74. The van der Waals surface area contributed by atoms with Crippen LogP contribution in [0.25, 0.3) is 10.8 Å². The molecule has 0 radical (unpaired) electrons. The largest absolute Gasteiger partial charge is 0.286 e. The minimum Gasteiger partial charge on any atom is -0.266 e. The Labute approximate surface area is 124 Å². The number of nitrogens with zero attached hydrogens (tertiary/aromatic N) is 1. The van der Waals surface area contributed by atoms with Gasteiger partial charge < -0.3 is 0 Å². The molecule has 0 unspecified atom stereocenters. The minimum atomic E-state index is -0.504. The molecule has 1 aliphatic rings. The fourth-order valence-electron chi connectivity index (χ4n) is 2.34. The van der Waals surface area contributed by atoms with E-state index in [0.29, 0.717) is 20.8 Å². The number of imide groups is 1. The van der Waals surface area contributed by atoms with Crippen LogP contribution < -0.4 is 0 Å². The summed E-state index contributed by atoms with van der Waals surface area (Å²) in [5, 5.41) is 2.66. The Bertz CT molecular complexity index is 758. The van der Waals surface area contributed by atoms with Crippen LogP contribution in [0.15, 0.2) is 24.3 Å². The Morgan fingerprint density at radius 3 is 2.60 bits per heavy atom. The number of fused-ring (bicyclic) bond motifs is 3. The molecule has 0 saturated heterocycles. The van der Waals surface area contributed by atoms with Crippen molar-refractivity contribution in [3.63, 3.8) is 0 Å². The maximum atomic E-state index is 12.3. The van der Waals surface area contributed by atoms with E-state index in [1.54, 1.807) is 25.1 Å². The summed E-state index contributed by atoms with van der Waals surface area (Å²) >= 11 is 12.3. The van der Waals surface area contributed by atoms with E-state index in [9.17, 15) is 9.59 Å². The van der Waals surface area contributed by atoms with Crippen molar-refractivity contribution in [3.8, 4) is 0 Å². The van der Waals surface area contributed by atoms with Gasteiger partial charge >= 0.3 is 0 Å². The first-order valence-electron chi connectivity index (χ1n) is 5.98. The molecule has 1 heterocycles. The van der Waals surface area contributed by atoms with Gasteiger partial charge in [0.2, 0.25) is 0 Å². The number of carbonyl (C=O) groups excluding carboxylic acids is 2. The fourth-order valence-corrected chi connectivity index (χ4v) is 2.98. The Kier molecular flexibility index (Phi) is 3.17. The molecule has 0 atom stereocenters. The Morgan fingerprint density at radius 2 is 1.90 bits per heavy atom. The average molecular weight is 310 g/mol. The van der Waals surface area contributed by atoms with Crippen LogP contribution in [0.5, 0.6) is 0 Å². The van der Waals surface area contributed by atoms with Crippen LogP contribution in [0, 0.1) is 0 Å². The van der Waals surface area contributed by atoms with E-state index in [1.165, 1.54) is 6.07 Å². The monoisotopic (exact) mass is 309 g/mol. The molecular weight excluding hydrogens is 301 g/mol. The van der Waals surface area contributed by atoms with Crippen LogP contribution >= 0.6 is 23.2 Å². The molecule has 2 aromatic carbocycles. The molecule has 0 aromatic heterocycles. The minimum absolute atomic E-state index is 0.220. The van der Waals surface area contributed by atoms with Crippen molar-refractivity contribution in [2.24, 2.45) is 0 Å². The molecule has 0 bridgehead atoms. The van der Waals surface area contributed by atoms with Crippen LogP contribution in [0.2, 0.25) is 10.0 Å². The first-order chi connectivity index (χ1) is 9.56. The van der Waals surface area contributed by atoms with Gasteiger partial charge in [-0.1, -0.05) is 35.3 Å². The zero-order valence-corrected chi connectivity index (χ0v) is 12.0. The molecule has 0 spiro atoms. The third-order valence-electron chi connectivity index (χ3n) is 3.13. The van der Waals surface area contributed by atoms with E-state index in [1.807, 2.05) is 0 Å². The second-order valence-corrected chi connectivity index (χ2v) is 5.08.